The van der Waals surface area contributed by atoms with Gasteiger partial charge in [0, 0.05) is 11.3 Å². The first kappa shape index (κ1) is 13.8. The number of nitrogens with two attached hydrogens (primary N) is 1. The van der Waals surface area contributed by atoms with Crippen LogP contribution in [0.1, 0.15) is 44.8 Å². The second-order valence-electron chi connectivity index (χ2n) is 5.08. The van der Waals surface area contributed by atoms with Gasteiger partial charge in [0.05, 0.1) is 11.7 Å². The molecule has 0 aliphatic carbocycles. The van der Waals surface area contributed by atoms with Crippen molar-refractivity contribution in [3.63, 3.8) is 0 Å². The van der Waals surface area contributed by atoms with E-state index in [0.29, 0.717) is 5.92 Å². The van der Waals surface area contributed by atoms with Crippen molar-refractivity contribution in [3.05, 3.63) is 41.9 Å². The molecule has 1 aromatic heterocycles. The summed E-state index contributed by atoms with van der Waals surface area (Å²) in [7, 11) is 0. The molecule has 0 aliphatic heterocycles. The molecule has 0 aliphatic rings. The lowest BCUT2D eigenvalue weighted by atomic mass is 10.00. The van der Waals surface area contributed by atoms with E-state index in [0.717, 1.165) is 29.9 Å². The van der Waals surface area contributed by atoms with Crippen molar-refractivity contribution in [2.24, 2.45) is 11.7 Å². The van der Waals surface area contributed by atoms with Crippen LogP contribution in [0.25, 0.3) is 11.3 Å². The van der Waals surface area contributed by atoms with E-state index >= 15 is 0 Å². The van der Waals surface area contributed by atoms with Crippen LogP contribution in [0.4, 0.5) is 0 Å². The van der Waals surface area contributed by atoms with Gasteiger partial charge in [-0.1, -0.05) is 57.5 Å². The van der Waals surface area contributed by atoms with Crippen molar-refractivity contribution < 1.29 is 0 Å². The molecule has 2 unspecified atom stereocenters. The number of nitrogens with zero attached hydrogens (tertiary/aromatic N) is 1. The molecular formula is C16H23N3. The minimum atomic E-state index is -0.0206. The van der Waals surface area contributed by atoms with Gasteiger partial charge in [-0.05, 0) is 12.3 Å². The predicted octanol–water partition coefficient (Wildman–Crippen LogP) is 3.69. The van der Waals surface area contributed by atoms with E-state index in [2.05, 4.69) is 37.9 Å². The monoisotopic (exact) mass is 257 g/mol. The van der Waals surface area contributed by atoms with Gasteiger partial charge in [-0.3, -0.25) is 0 Å². The minimum absolute atomic E-state index is 0.0206. The van der Waals surface area contributed by atoms with Gasteiger partial charge in [0.2, 0.25) is 0 Å². The molecule has 2 rings (SSSR count). The number of benzene rings is 1. The summed E-state index contributed by atoms with van der Waals surface area (Å²) in [5, 5.41) is 0. The SMILES string of the molecule is CCc1[nH]c(C(N)C(C)CC)nc1-c1ccccc1. The van der Waals surface area contributed by atoms with Gasteiger partial charge >= 0.3 is 0 Å². The zero-order valence-electron chi connectivity index (χ0n) is 12.0. The summed E-state index contributed by atoms with van der Waals surface area (Å²) >= 11 is 0. The maximum atomic E-state index is 6.27. The van der Waals surface area contributed by atoms with E-state index in [9.17, 15) is 0 Å². The molecule has 2 aromatic rings. The molecule has 2 atom stereocenters. The molecule has 0 amide bonds. The summed E-state index contributed by atoms with van der Waals surface area (Å²) in [6.07, 6.45) is 1.99. The Morgan fingerprint density at radius 2 is 1.89 bits per heavy atom. The van der Waals surface area contributed by atoms with Crippen molar-refractivity contribution in [1.29, 1.82) is 0 Å². The second kappa shape index (κ2) is 6.02. The average Bonchev–Trinajstić information content (AvgIpc) is 2.90. The summed E-state index contributed by atoms with van der Waals surface area (Å²) < 4.78 is 0. The highest BCUT2D eigenvalue weighted by molar-refractivity contribution is 5.62. The Hall–Kier alpha value is -1.61. The third kappa shape index (κ3) is 2.87. The zero-order chi connectivity index (χ0) is 13.8. The molecule has 3 nitrogen and oxygen atoms in total. The molecule has 102 valence electrons. The van der Waals surface area contributed by atoms with Crippen LogP contribution in [0.2, 0.25) is 0 Å². The largest absolute Gasteiger partial charge is 0.344 e. The molecule has 0 bridgehead atoms. The predicted molar refractivity (Wildman–Crippen MR) is 79.8 cm³/mol. The fraction of sp³-hybridized carbons (Fsp3) is 0.438. The highest BCUT2D eigenvalue weighted by Crippen LogP contribution is 2.26. The number of nitrogens with one attached hydrogen (secondary N) is 1. The number of aromatic amines is 1. The van der Waals surface area contributed by atoms with Gasteiger partial charge in [0.25, 0.3) is 0 Å². The van der Waals surface area contributed by atoms with E-state index in [4.69, 9.17) is 10.7 Å². The number of aryl methyl sites for hydroxylation is 1. The lowest BCUT2D eigenvalue weighted by molar-refractivity contribution is 0.441. The lowest BCUT2D eigenvalue weighted by Gasteiger charge is -2.15. The van der Waals surface area contributed by atoms with E-state index in [1.807, 2.05) is 18.2 Å². The molecule has 1 heterocycles. The average molecular weight is 257 g/mol. The Labute approximate surface area is 115 Å². The Bertz CT molecular complexity index is 516. The molecule has 0 fully saturated rings. The Balaban J connectivity index is 2.38. The maximum Gasteiger partial charge on any atom is 0.124 e. The number of aromatic nitrogens is 2. The molecule has 0 radical (unpaired) electrons. The molecule has 1 aromatic carbocycles. The quantitative estimate of drug-likeness (QED) is 0.858. The van der Waals surface area contributed by atoms with Gasteiger partial charge in [-0.15, -0.1) is 0 Å². The first-order valence-electron chi connectivity index (χ1n) is 7.07. The normalized spacial score (nSPS) is 14.3. The Kier molecular flexibility index (Phi) is 4.38. The van der Waals surface area contributed by atoms with Gasteiger partial charge < -0.3 is 10.7 Å². The van der Waals surface area contributed by atoms with E-state index < -0.39 is 0 Å². The highest BCUT2D eigenvalue weighted by Gasteiger charge is 2.19. The van der Waals surface area contributed by atoms with Crippen LogP contribution in [-0.4, -0.2) is 9.97 Å². The summed E-state index contributed by atoms with van der Waals surface area (Å²) in [6, 6.07) is 10.3. The highest BCUT2D eigenvalue weighted by atomic mass is 15.0. The van der Waals surface area contributed by atoms with E-state index in [1.165, 1.54) is 5.69 Å². The number of hydrogen-bond acceptors (Lipinski definition) is 2. The molecule has 0 saturated heterocycles. The summed E-state index contributed by atoms with van der Waals surface area (Å²) in [5.74, 6) is 1.34. The van der Waals surface area contributed by atoms with Crippen LogP contribution < -0.4 is 5.73 Å². The van der Waals surface area contributed by atoms with Crippen molar-refractivity contribution in [1.82, 2.24) is 9.97 Å². The zero-order valence-corrected chi connectivity index (χ0v) is 12.0. The standard InChI is InChI=1S/C16H23N3/c1-4-11(3)14(17)16-18-13(5-2)15(19-16)12-9-7-6-8-10-12/h6-11,14H,4-5,17H2,1-3H3,(H,18,19). The molecule has 0 spiro atoms. The van der Waals surface area contributed by atoms with E-state index in [1.54, 1.807) is 0 Å². The first-order valence-corrected chi connectivity index (χ1v) is 7.07. The van der Waals surface area contributed by atoms with Crippen molar-refractivity contribution in [2.45, 2.75) is 39.7 Å². The smallest absolute Gasteiger partial charge is 0.124 e. The number of H-pyrrole nitrogens is 1. The molecule has 3 N–H and O–H groups in total. The maximum absolute atomic E-state index is 6.27. The van der Waals surface area contributed by atoms with Crippen LogP contribution in [0, 0.1) is 5.92 Å². The Morgan fingerprint density at radius 3 is 2.47 bits per heavy atom. The molecule has 3 heteroatoms. The third-order valence-electron chi connectivity index (χ3n) is 3.77. The molecule has 0 saturated carbocycles. The number of imidazole rings is 1. The summed E-state index contributed by atoms with van der Waals surface area (Å²) in [5.41, 5.74) is 9.63. The summed E-state index contributed by atoms with van der Waals surface area (Å²) in [4.78, 5) is 8.15. The Morgan fingerprint density at radius 1 is 1.21 bits per heavy atom. The number of rotatable bonds is 5. The lowest BCUT2D eigenvalue weighted by Crippen LogP contribution is -2.19. The van der Waals surface area contributed by atoms with Crippen LogP contribution in [-0.2, 0) is 6.42 Å². The van der Waals surface area contributed by atoms with Crippen molar-refractivity contribution >= 4 is 0 Å². The van der Waals surface area contributed by atoms with Crippen molar-refractivity contribution in [2.75, 3.05) is 0 Å². The van der Waals surface area contributed by atoms with Crippen molar-refractivity contribution in [3.8, 4) is 11.3 Å². The van der Waals surface area contributed by atoms with Gasteiger partial charge in [-0.25, -0.2) is 4.98 Å². The van der Waals surface area contributed by atoms with Gasteiger partial charge in [-0.2, -0.15) is 0 Å². The van der Waals surface area contributed by atoms with Crippen LogP contribution in [0.3, 0.4) is 0 Å². The molecule has 19 heavy (non-hydrogen) atoms. The van der Waals surface area contributed by atoms with Crippen LogP contribution in [0.15, 0.2) is 30.3 Å². The van der Waals surface area contributed by atoms with Crippen LogP contribution in [0.5, 0.6) is 0 Å². The minimum Gasteiger partial charge on any atom is -0.344 e. The van der Waals surface area contributed by atoms with E-state index in [-0.39, 0.29) is 6.04 Å². The topological polar surface area (TPSA) is 54.7 Å². The number of hydrogen-bond donors (Lipinski definition) is 2. The molecular weight excluding hydrogens is 234 g/mol. The van der Waals surface area contributed by atoms with Gasteiger partial charge in [0.1, 0.15) is 5.82 Å². The fourth-order valence-electron chi connectivity index (χ4n) is 2.20. The second-order valence-corrected chi connectivity index (χ2v) is 5.08. The third-order valence-corrected chi connectivity index (χ3v) is 3.77. The first-order chi connectivity index (χ1) is 9.17. The summed E-state index contributed by atoms with van der Waals surface area (Å²) in [6.45, 7) is 6.46. The van der Waals surface area contributed by atoms with Gasteiger partial charge in [0.15, 0.2) is 0 Å². The fourth-order valence-corrected chi connectivity index (χ4v) is 2.20. The van der Waals surface area contributed by atoms with Crippen LogP contribution >= 0.6 is 0 Å².